The molecule has 6 heteroatoms. The summed E-state index contributed by atoms with van der Waals surface area (Å²) in [5.41, 5.74) is 2.90. The Morgan fingerprint density at radius 1 is 1.43 bits per heavy atom. The van der Waals surface area contributed by atoms with E-state index in [0.29, 0.717) is 6.54 Å². The van der Waals surface area contributed by atoms with Crippen molar-refractivity contribution >= 4 is 17.2 Å². The third kappa shape index (κ3) is 4.25. The van der Waals surface area contributed by atoms with Crippen molar-refractivity contribution in [2.24, 2.45) is 0 Å². The number of carbonyl (C=O) groups is 1. The van der Waals surface area contributed by atoms with Crippen LogP contribution in [0.4, 0.5) is 0 Å². The van der Waals surface area contributed by atoms with E-state index in [4.69, 9.17) is 4.74 Å². The van der Waals surface area contributed by atoms with E-state index in [9.17, 15) is 4.79 Å². The average Bonchev–Trinajstić information content (AvgIpc) is 3.22. The van der Waals surface area contributed by atoms with Crippen LogP contribution in [0.1, 0.15) is 31.4 Å². The summed E-state index contributed by atoms with van der Waals surface area (Å²) in [4.78, 5) is 20.9. The summed E-state index contributed by atoms with van der Waals surface area (Å²) in [6.07, 6.45) is 4.79. The van der Waals surface area contributed by atoms with Gasteiger partial charge in [-0.2, -0.15) is 0 Å². The van der Waals surface area contributed by atoms with Gasteiger partial charge in [-0.05, 0) is 25.7 Å². The van der Waals surface area contributed by atoms with Crippen molar-refractivity contribution in [3.63, 3.8) is 0 Å². The summed E-state index contributed by atoms with van der Waals surface area (Å²) < 4.78 is 5.73. The maximum absolute atomic E-state index is 12.4. The molecule has 3 rings (SSSR count). The zero-order valence-electron chi connectivity index (χ0n) is 12.4. The van der Waals surface area contributed by atoms with Crippen molar-refractivity contribution in [1.82, 2.24) is 14.8 Å². The van der Waals surface area contributed by atoms with E-state index in [2.05, 4.69) is 15.3 Å². The van der Waals surface area contributed by atoms with Crippen molar-refractivity contribution in [2.45, 2.75) is 38.3 Å². The lowest BCUT2D eigenvalue weighted by molar-refractivity contribution is -0.131. The number of hydrogen-bond acceptors (Lipinski definition) is 5. The van der Waals surface area contributed by atoms with Crippen LogP contribution in [0.25, 0.3) is 0 Å². The molecule has 2 aliphatic heterocycles. The van der Waals surface area contributed by atoms with Gasteiger partial charge in [0.25, 0.3) is 0 Å². The molecule has 0 spiro atoms. The van der Waals surface area contributed by atoms with E-state index in [1.165, 1.54) is 0 Å². The Balaban J connectivity index is 1.58. The van der Waals surface area contributed by atoms with Crippen molar-refractivity contribution in [1.29, 1.82) is 0 Å². The maximum Gasteiger partial charge on any atom is 0.236 e. The fraction of sp³-hybridized carbons (Fsp3) is 0.733. The van der Waals surface area contributed by atoms with Crippen LogP contribution in [-0.4, -0.2) is 59.6 Å². The van der Waals surface area contributed by atoms with Crippen molar-refractivity contribution in [2.75, 3.05) is 32.8 Å². The highest BCUT2D eigenvalue weighted by atomic mass is 32.1. The van der Waals surface area contributed by atoms with E-state index in [1.807, 2.05) is 10.4 Å². The number of likely N-dealkylation sites (tertiary alicyclic amines) is 1. The summed E-state index contributed by atoms with van der Waals surface area (Å²) in [6, 6.07) is 0. The molecule has 1 aromatic heterocycles. The van der Waals surface area contributed by atoms with Gasteiger partial charge < -0.3 is 9.64 Å². The molecule has 1 atom stereocenters. The molecule has 1 amide bonds. The van der Waals surface area contributed by atoms with Gasteiger partial charge in [-0.15, -0.1) is 11.3 Å². The van der Waals surface area contributed by atoms with Crippen LogP contribution in [0.3, 0.4) is 0 Å². The highest BCUT2D eigenvalue weighted by Gasteiger charge is 2.24. The first-order valence-electron chi connectivity index (χ1n) is 7.80. The zero-order valence-corrected chi connectivity index (χ0v) is 13.2. The van der Waals surface area contributed by atoms with Crippen LogP contribution >= 0.6 is 11.3 Å². The van der Waals surface area contributed by atoms with Crippen LogP contribution in [0.5, 0.6) is 0 Å². The van der Waals surface area contributed by atoms with Crippen LogP contribution in [-0.2, 0) is 16.1 Å². The molecular formula is C15H23N3O2S. The summed E-state index contributed by atoms with van der Waals surface area (Å²) >= 11 is 1.60. The third-order valence-electron chi connectivity index (χ3n) is 4.17. The Morgan fingerprint density at radius 3 is 2.95 bits per heavy atom. The monoisotopic (exact) mass is 309 g/mol. The minimum atomic E-state index is 0.251. The van der Waals surface area contributed by atoms with Gasteiger partial charge in [-0.1, -0.05) is 0 Å². The first-order valence-corrected chi connectivity index (χ1v) is 8.74. The molecule has 2 aliphatic rings. The Kier molecular flexibility index (Phi) is 5.22. The van der Waals surface area contributed by atoms with Gasteiger partial charge in [0.05, 0.1) is 23.9 Å². The molecule has 0 radical (unpaired) electrons. The average molecular weight is 309 g/mol. The molecule has 21 heavy (non-hydrogen) atoms. The van der Waals surface area contributed by atoms with Crippen LogP contribution < -0.4 is 0 Å². The topological polar surface area (TPSA) is 45.7 Å². The molecule has 0 saturated carbocycles. The Hall–Kier alpha value is -0.980. The zero-order chi connectivity index (χ0) is 14.5. The maximum atomic E-state index is 12.4. The minimum Gasteiger partial charge on any atom is -0.377 e. The molecule has 0 aliphatic carbocycles. The van der Waals surface area contributed by atoms with Crippen LogP contribution in [0, 0.1) is 0 Å². The molecule has 0 bridgehead atoms. The second-order valence-corrected chi connectivity index (χ2v) is 6.59. The molecule has 0 N–H and O–H groups in total. The second-order valence-electron chi connectivity index (χ2n) is 5.87. The molecule has 2 fully saturated rings. The third-order valence-corrected chi connectivity index (χ3v) is 4.81. The van der Waals surface area contributed by atoms with Crippen molar-refractivity contribution in [3.8, 4) is 0 Å². The second kappa shape index (κ2) is 7.33. The highest BCUT2D eigenvalue weighted by molar-refractivity contribution is 7.07. The summed E-state index contributed by atoms with van der Waals surface area (Å²) in [7, 11) is 0. The first-order chi connectivity index (χ1) is 10.3. The molecule has 1 aromatic rings. The number of ether oxygens (including phenoxy) is 1. The number of thiazole rings is 1. The lowest BCUT2D eigenvalue weighted by Crippen LogP contribution is -2.41. The molecule has 2 saturated heterocycles. The molecule has 3 heterocycles. The van der Waals surface area contributed by atoms with E-state index in [1.54, 1.807) is 11.3 Å². The lowest BCUT2D eigenvalue weighted by atomic mass is 10.2. The van der Waals surface area contributed by atoms with Gasteiger partial charge >= 0.3 is 0 Å². The fourth-order valence-electron chi connectivity index (χ4n) is 3.06. The number of amides is 1. The van der Waals surface area contributed by atoms with Crippen molar-refractivity contribution < 1.29 is 9.53 Å². The number of hydrogen-bond donors (Lipinski definition) is 0. The molecule has 0 aromatic carbocycles. The SMILES string of the molecule is O=C(CN(Cc1cscn1)C[C@@H]1CCCO1)N1CCCC1. The van der Waals surface area contributed by atoms with E-state index >= 15 is 0 Å². The minimum absolute atomic E-state index is 0.251. The molecule has 116 valence electrons. The number of carbonyl (C=O) groups excluding carboxylic acids is 1. The molecule has 5 nitrogen and oxygen atoms in total. The summed E-state index contributed by atoms with van der Waals surface area (Å²) in [6.45, 7) is 4.75. The molecule has 0 unspecified atom stereocenters. The summed E-state index contributed by atoms with van der Waals surface area (Å²) in [5.74, 6) is 0.251. The molecular weight excluding hydrogens is 286 g/mol. The van der Waals surface area contributed by atoms with E-state index in [-0.39, 0.29) is 12.0 Å². The lowest BCUT2D eigenvalue weighted by Gasteiger charge is -2.26. The Morgan fingerprint density at radius 2 is 2.29 bits per heavy atom. The van der Waals surface area contributed by atoms with Gasteiger partial charge in [0.2, 0.25) is 5.91 Å². The largest absolute Gasteiger partial charge is 0.377 e. The number of rotatable bonds is 6. The van der Waals surface area contributed by atoms with Gasteiger partial charge in [-0.3, -0.25) is 9.69 Å². The normalized spacial score (nSPS) is 22.3. The Labute approximate surface area is 129 Å². The standard InChI is InChI=1S/C15H23N3O2S/c19-15(18-5-1-2-6-18)10-17(8-13-11-21-12-16-13)9-14-4-3-7-20-14/h11-12,14H,1-10H2/t14-/m0/s1. The van der Waals surface area contributed by atoms with Gasteiger partial charge in [0.15, 0.2) is 0 Å². The van der Waals surface area contributed by atoms with E-state index in [0.717, 1.165) is 64.2 Å². The predicted octanol–water partition coefficient (Wildman–Crippen LogP) is 1.75. The van der Waals surface area contributed by atoms with Gasteiger partial charge in [-0.25, -0.2) is 4.98 Å². The number of aromatic nitrogens is 1. The summed E-state index contributed by atoms with van der Waals surface area (Å²) in [5, 5.41) is 2.06. The van der Waals surface area contributed by atoms with Gasteiger partial charge in [0.1, 0.15) is 0 Å². The van der Waals surface area contributed by atoms with E-state index < -0.39 is 0 Å². The number of nitrogens with zero attached hydrogens (tertiary/aromatic N) is 3. The van der Waals surface area contributed by atoms with Gasteiger partial charge in [0, 0.05) is 38.2 Å². The van der Waals surface area contributed by atoms with Crippen LogP contribution in [0.15, 0.2) is 10.9 Å². The predicted molar refractivity (Wildman–Crippen MR) is 82.2 cm³/mol. The highest BCUT2D eigenvalue weighted by Crippen LogP contribution is 2.16. The smallest absolute Gasteiger partial charge is 0.236 e. The Bertz CT molecular complexity index is 440. The first kappa shape index (κ1) is 14.9. The van der Waals surface area contributed by atoms with Crippen LogP contribution in [0.2, 0.25) is 0 Å². The van der Waals surface area contributed by atoms with Crippen molar-refractivity contribution in [3.05, 3.63) is 16.6 Å². The quantitative estimate of drug-likeness (QED) is 0.803. The fourth-order valence-corrected chi connectivity index (χ4v) is 3.61.